The van der Waals surface area contributed by atoms with Gasteiger partial charge in [-0.3, -0.25) is 5.84 Å². The lowest BCUT2D eigenvalue weighted by atomic mass is 9.98. The highest BCUT2D eigenvalue weighted by Crippen LogP contribution is 2.40. The van der Waals surface area contributed by atoms with Crippen LogP contribution < -0.4 is 15.3 Å². The molecule has 0 amide bonds. The highest BCUT2D eigenvalue weighted by atomic mass is 79.9. The second-order valence-electron chi connectivity index (χ2n) is 8.29. The van der Waals surface area contributed by atoms with Gasteiger partial charge in [0.25, 0.3) is 0 Å². The summed E-state index contributed by atoms with van der Waals surface area (Å²) in [6.07, 6.45) is 1.68. The molecule has 0 aliphatic heterocycles. The van der Waals surface area contributed by atoms with Gasteiger partial charge in [-0.2, -0.15) is 0 Å². The standard InChI is InChI=1S/C24H35BrN2O3/c1-6-21(27(26)24(2,3)4)19-15-22(29-14-10-13-28-5)23(16-20(19)25)30-17-18-11-8-7-9-12-18/h7-9,11-12,15-16,21H,6,10,13-14,17,26H2,1-5H3. The zero-order chi connectivity index (χ0) is 22.1. The number of halogens is 1. The fraction of sp³-hybridized carbons (Fsp3) is 0.500. The highest BCUT2D eigenvalue weighted by Gasteiger charge is 2.28. The minimum atomic E-state index is -0.165. The molecular formula is C24H35BrN2O3. The van der Waals surface area contributed by atoms with Crippen molar-refractivity contribution in [1.82, 2.24) is 5.01 Å². The van der Waals surface area contributed by atoms with Crippen LogP contribution in [-0.4, -0.2) is 30.9 Å². The summed E-state index contributed by atoms with van der Waals surface area (Å²) < 4.78 is 18.3. The van der Waals surface area contributed by atoms with E-state index < -0.39 is 0 Å². The van der Waals surface area contributed by atoms with Gasteiger partial charge in [0.05, 0.1) is 12.6 Å². The van der Waals surface area contributed by atoms with Crippen LogP contribution in [0.2, 0.25) is 0 Å². The first-order chi connectivity index (χ1) is 14.3. The molecule has 0 radical (unpaired) electrons. The number of methoxy groups -OCH3 is 1. The van der Waals surface area contributed by atoms with Gasteiger partial charge in [0.1, 0.15) is 6.61 Å². The summed E-state index contributed by atoms with van der Waals surface area (Å²) in [5.41, 5.74) is 2.03. The monoisotopic (exact) mass is 478 g/mol. The van der Waals surface area contributed by atoms with Crippen molar-refractivity contribution in [2.24, 2.45) is 5.84 Å². The average Bonchev–Trinajstić information content (AvgIpc) is 2.72. The largest absolute Gasteiger partial charge is 0.490 e. The number of nitrogens with zero attached hydrogens (tertiary/aromatic N) is 1. The van der Waals surface area contributed by atoms with E-state index in [2.05, 4.69) is 49.7 Å². The topological polar surface area (TPSA) is 57.0 Å². The maximum absolute atomic E-state index is 6.49. The quantitative estimate of drug-likeness (QED) is 0.248. The minimum absolute atomic E-state index is 0.0453. The van der Waals surface area contributed by atoms with E-state index in [1.165, 1.54) is 0 Å². The maximum Gasteiger partial charge on any atom is 0.162 e. The van der Waals surface area contributed by atoms with Crippen LogP contribution in [0.5, 0.6) is 11.5 Å². The van der Waals surface area contributed by atoms with Crippen LogP contribution in [0, 0.1) is 0 Å². The van der Waals surface area contributed by atoms with E-state index in [0.29, 0.717) is 25.6 Å². The van der Waals surface area contributed by atoms with E-state index in [-0.39, 0.29) is 11.6 Å². The van der Waals surface area contributed by atoms with Gasteiger partial charge in [0.2, 0.25) is 0 Å². The van der Waals surface area contributed by atoms with Gasteiger partial charge in [-0.15, -0.1) is 0 Å². The number of nitrogens with two attached hydrogens (primary N) is 1. The predicted octanol–water partition coefficient (Wildman–Crippen LogP) is 5.87. The van der Waals surface area contributed by atoms with Crippen molar-refractivity contribution in [2.45, 2.75) is 58.7 Å². The van der Waals surface area contributed by atoms with Crippen LogP contribution >= 0.6 is 15.9 Å². The van der Waals surface area contributed by atoms with Crippen molar-refractivity contribution in [1.29, 1.82) is 0 Å². The summed E-state index contributed by atoms with van der Waals surface area (Å²) in [7, 11) is 1.69. The molecule has 0 fully saturated rings. The second kappa shape index (κ2) is 11.7. The molecule has 0 spiro atoms. The fourth-order valence-electron chi connectivity index (χ4n) is 3.19. The van der Waals surface area contributed by atoms with Gasteiger partial charge in [0, 0.05) is 30.1 Å². The van der Waals surface area contributed by atoms with Crippen molar-refractivity contribution in [3.8, 4) is 11.5 Å². The van der Waals surface area contributed by atoms with Crippen molar-refractivity contribution < 1.29 is 14.2 Å². The molecule has 0 saturated carbocycles. The third kappa shape index (κ3) is 6.98. The summed E-state index contributed by atoms with van der Waals surface area (Å²) in [6.45, 7) is 10.2. The number of benzene rings is 2. The van der Waals surface area contributed by atoms with Crippen LogP contribution in [0.15, 0.2) is 46.9 Å². The van der Waals surface area contributed by atoms with Gasteiger partial charge in [-0.05, 0) is 50.5 Å². The van der Waals surface area contributed by atoms with Crippen LogP contribution in [-0.2, 0) is 11.3 Å². The van der Waals surface area contributed by atoms with Gasteiger partial charge < -0.3 is 14.2 Å². The van der Waals surface area contributed by atoms with E-state index in [4.69, 9.17) is 20.1 Å². The molecule has 30 heavy (non-hydrogen) atoms. The van der Waals surface area contributed by atoms with E-state index >= 15 is 0 Å². The van der Waals surface area contributed by atoms with Crippen LogP contribution in [0.1, 0.15) is 57.7 Å². The Morgan fingerprint density at radius 3 is 2.30 bits per heavy atom. The Morgan fingerprint density at radius 2 is 1.70 bits per heavy atom. The van der Waals surface area contributed by atoms with Gasteiger partial charge in [-0.25, -0.2) is 5.01 Å². The molecule has 0 aromatic heterocycles. The smallest absolute Gasteiger partial charge is 0.162 e. The predicted molar refractivity (Wildman–Crippen MR) is 126 cm³/mol. The van der Waals surface area contributed by atoms with Gasteiger partial charge in [0.15, 0.2) is 11.5 Å². The van der Waals surface area contributed by atoms with Crippen molar-refractivity contribution in [3.05, 3.63) is 58.1 Å². The molecule has 2 aromatic rings. The number of hydrazine groups is 1. The van der Waals surface area contributed by atoms with E-state index in [9.17, 15) is 0 Å². The van der Waals surface area contributed by atoms with Crippen molar-refractivity contribution in [3.63, 3.8) is 0 Å². The number of hydrogen-bond acceptors (Lipinski definition) is 5. The number of hydrogen-bond donors (Lipinski definition) is 1. The molecular weight excluding hydrogens is 444 g/mol. The Kier molecular flexibility index (Phi) is 9.62. The first-order valence-corrected chi connectivity index (χ1v) is 11.2. The third-order valence-electron chi connectivity index (χ3n) is 4.91. The number of ether oxygens (including phenoxy) is 3. The molecule has 0 aliphatic carbocycles. The van der Waals surface area contributed by atoms with Crippen molar-refractivity contribution >= 4 is 15.9 Å². The van der Waals surface area contributed by atoms with Crippen molar-refractivity contribution in [2.75, 3.05) is 20.3 Å². The lowest BCUT2D eigenvalue weighted by Gasteiger charge is -2.38. The Bertz CT molecular complexity index is 778. The molecule has 2 rings (SSSR count). The minimum Gasteiger partial charge on any atom is -0.490 e. The Hall–Kier alpha value is -1.60. The summed E-state index contributed by atoms with van der Waals surface area (Å²) in [4.78, 5) is 0. The lowest BCUT2D eigenvalue weighted by Crippen LogP contribution is -2.48. The molecule has 5 nitrogen and oxygen atoms in total. The van der Waals surface area contributed by atoms with Gasteiger partial charge in [-0.1, -0.05) is 53.2 Å². The maximum atomic E-state index is 6.49. The Morgan fingerprint density at radius 1 is 1.03 bits per heavy atom. The molecule has 1 unspecified atom stereocenters. The van der Waals surface area contributed by atoms with Crippen LogP contribution in [0.3, 0.4) is 0 Å². The van der Waals surface area contributed by atoms with E-state index in [1.807, 2.05) is 41.4 Å². The van der Waals surface area contributed by atoms with Gasteiger partial charge >= 0.3 is 0 Å². The number of rotatable bonds is 11. The zero-order valence-electron chi connectivity index (χ0n) is 18.8. The third-order valence-corrected chi connectivity index (χ3v) is 5.59. The fourth-order valence-corrected chi connectivity index (χ4v) is 3.77. The summed E-state index contributed by atoms with van der Waals surface area (Å²) in [6, 6.07) is 14.2. The SMILES string of the molecule is CCC(c1cc(OCCCOC)c(OCc2ccccc2)cc1Br)N(N)C(C)(C)C. The van der Waals surface area contributed by atoms with Crippen LogP contribution in [0.25, 0.3) is 0 Å². The van der Waals surface area contributed by atoms with Crippen LogP contribution in [0.4, 0.5) is 0 Å². The molecule has 6 heteroatoms. The average molecular weight is 479 g/mol. The second-order valence-corrected chi connectivity index (χ2v) is 9.15. The molecule has 0 saturated heterocycles. The zero-order valence-corrected chi connectivity index (χ0v) is 20.4. The molecule has 1 atom stereocenters. The first-order valence-electron chi connectivity index (χ1n) is 10.4. The summed E-state index contributed by atoms with van der Waals surface area (Å²) in [5.74, 6) is 7.93. The normalized spacial score (nSPS) is 12.8. The summed E-state index contributed by atoms with van der Waals surface area (Å²) in [5, 5.41) is 1.91. The highest BCUT2D eigenvalue weighted by molar-refractivity contribution is 9.10. The molecule has 2 N–H and O–H groups in total. The molecule has 0 aliphatic rings. The Balaban J connectivity index is 2.32. The molecule has 2 aromatic carbocycles. The summed E-state index contributed by atoms with van der Waals surface area (Å²) >= 11 is 3.74. The lowest BCUT2D eigenvalue weighted by molar-refractivity contribution is 0.0783. The molecule has 0 bridgehead atoms. The first kappa shape index (κ1) is 24.7. The Labute approximate surface area is 189 Å². The molecule has 0 heterocycles. The van der Waals surface area contributed by atoms with E-state index in [1.54, 1.807) is 7.11 Å². The molecule has 166 valence electrons. The van der Waals surface area contributed by atoms with E-state index in [0.717, 1.165) is 34.2 Å².